The summed E-state index contributed by atoms with van der Waals surface area (Å²) >= 11 is 0. The average Bonchev–Trinajstić information content (AvgIpc) is 2.85. The van der Waals surface area contributed by atoms with Crippen LogP contribution in [0.25, 0.3) is 0 Å². The van der Waals surface area contributed by atoms with Crippen molar-refractivity contribution in [1.29, 1.82) is 0 Å². The molecule has 1 aliphatic heterocycles. The largest absolute Gasteiger partial charge is 0.378 e. The Hall–Kier alpha value is -3.45. The highest BCUT2D eigenvalue weighted by Crippen LogP contribution is 2.26. The highest BCUT2D eigenvalue weighted by molar-refractivity contribution is 5.94. The van der Waals surface area contributed by atoms with E-state index < -0.39 is 11.7 Å². The first-order valence-corrected chi connectivity index (χ1v) is 11.5. The normalized spacial score (nSPS) is 15.1. The van der Waals surface area contributed by atoms with Gasteiger partial charge in [-0.15, -0.1) is 0 Å². The molecule has 1 N–H and O–H groups in total. The van der Waals surface area contributed by atoms with E-state index in [1.807, 2.05) is 19.0 Å². The predicted octanol–water partition coefficient (Wildman–Crippen LogP) is 4.32. The smallest absolute Gasteiger partial charge is 0.254 e. The number of benzene rings is 3. The highest BCUT2D eigenvalue weighted by atomic mass is 19.1. The van der Waals surface area contributed by atoms with Gasteiger partial charge >= 0.3 is 0 Å². The number of hydrogen-bond donors (Lipinski definition) is 1. The first-order chi connectivity index (χ1) is 16.4. The van der Waals surface area contributed by atoms with Crippen LogP contribution in [0, 0.1) is 11.6 Å². The molecule has 0 radical (unpaired) electrons. The summed E-state index contributed by atoms with van der Waals surface area (Å²) in [6.07, 6.45) is 0. The lowest BCUT2D eigenvalue weighted by atomic mass is 10.0. The van der Waals surface area contributed by atoms with Crippen molar-refractivity contribution in [3.63, 3.8) is 0 Å². The molecular weight excluding hydrogens is 434 g/mol. The maximum absolute atomic E-state index is 14.1. The number of halogens is 2. The van der Waals surface area contributed by atoms with Crippen LogP contribution in [0.2, 0.25) is 0 Å². The van der Waals surface area contributed by atoms with E-state index in [-0.39, 0.29) is 17.4 Å². The van der Waals surface area contributed by atoms with Crippen LogP contribution in [-0.2, 0) is 0 Å². The number of hydrogen-bond acceptors (Lipinski definition) is 4. The molecule has 0 aromatic heterocycles. The fraction of sp³-hybridized carbons (Fsp3) is 0.296. The molecule has 1 atom stereocenters. The van der Waals surface area contributed by atoms with Crippen LogP contribution in [0.4, 0.5) is 20.2 Å². The third-order valence-corrected chi connectivity index (χ3v) is 6.32. The topological polar surface area (TPSA) is 38.8 Å². The van der Waals surface area contributed by atoms with E-state index in [2.05, 4.69) is 39.4 Å². The van der Waals surface area contributed by atoms with Gasteiger partial charge in [-0.2, -0.15) is 0 Å². The number of rotatable bonds is 7. The molecule has 5 nitrogen and oxygen atoms in total. The summed E-state index contributed by atoms with van der Waals surface area (Å²) < 4.78 is 27.4. The fourth-order valence-corrected chi connectivity index (χ4v) is 4.33. The first kappa shape index (κ1) is 23.7. The van der Waals surface area contributed by atoms with Gasteiger partial charge in [0.15, 0.2) is 0 Å². The summed E-state index contributed by atoms with van der Waals surface area (Å²) in [5, 5.41) is 2.94. The molecule has 178 valence electrons. The Morgan fingerprint density at radius 2 is 1.56 bits per heavy atom. The Balaban J connectivity index is 1.49. The number of piperazine rings is 1. The Morgan fingerprint density at radius 1 is 0.912 bits per heavy atom. The van der Waals surface area contributed by atoms with Crippen molar-refractivity contribution in [2.75, 3.05) is 56.6 Å². The average molecular weight is 465 g/mol. The van der Waals surface area contributed by atoms with E-state index in [0.29, 0.717) is 6.54 Å². The second kappa shape index (κ2) is 10.7. The van der Waals surface area contributed by atoms with Crippen molar-refractivity contribution in [3.8, 4) is 0 Å². The lowest BCUT2D eigenvalue weighted by molar-refractivity contribution is 0.0926. The molecular formula is C27H30F2N4O. The van der Waals surface area contributed by atoms with Crippen molar-refractivity contribution in [1.82, 2.24) is 10.2 Å². The van der Waals surface area contributed by atoms with Gasteiger partial charge in [-0.3, -0.25) is 9.69 Å². The predicted molar refractivity (Wildman–Crippen MR) is 132 cm³/mol. The molecule has 7 heteroatoms. The summed E-state index contributed by atoms with van der Waals surface area (Å²) in [7, 11) is 3.99. The van der Waals surface area contributed by atoms with E-state index in [1.54, 1.807) is 24.3 Å². The number of carbonyl (C=O) groups is 1. The SMILES string of the molecule is CN(C)c1ccc([C@H](CNC(=O)c2ccccc2F)N2CCN(c3ccc(F)cc3)CC2)cc1. The van der Waals surface area contributed by atoms with Gasteiger partial charge in [-0.25, -0.2) is 8.78 Å². The number of nitrogens with one attached hydrogen (secondary N) is 1. The number of amides is 1. The van der Waals surface area contributed by atoms with Gasteiger partial charge in [0.05, 0.1) is 11.6 Å². The second-order valence-corrected chi connectivity index (χ2v) is 8.69. The van der Waals surface area contributed by atoms with Crippen LogP contribution >= 0.6 is 0 Å². The Bertz CT molecular complexity index is 1090. The van der Waals surface area contributed by atoms with E-state index in [0.717, 1.165) is 43.1 Å². The monoisotopic (exact) mass is 464 g/mol. The van der Waals surface area contributed by atoms with Crippen LogP contribution in [0.3, 0.4) is 0 Å². The second-order valence-electron chi connectivity index (χ2n) is 8.69. The first-order valence-electron chi connectivity index (χ1n) is 11.5. The Morgan fingerprint density at radius 3 is 2.18 bits per heavy atom. The molecule has 0 unspecified atom stereocenters. The Kier molecular flexibility index (Phi) is 7.43. The maximum Gasteiger partial charge on any atom is 0.254 e. The molecule has 1 amide bonds. The van der Waals surface area contributed by atoms with Crippen LogP contribution in [-0.4, -0.2) is 57.6 Å². The summed E-state index contributed by atoms with van der Waals surface area (Å²) in [6.45, 7) is 3.52. The summed E-state index contributed by atoms with van der Waals surface area (Å²) in [6, 6.07) is 20.8. The third-order valence-electron chi connectivity index (χ3n) is 6.32. The van der Waals surface area contributed by atoms with Gasteiger partial charge in [-0.05, 0) is 54.1 Å². The van der Waals surface area contributed by atoms with Gasteiger partial charge < -0.3 is 15.1 Å². The molecule has 1 heterocycles. The van der Waals surface area contributed by atoms with Crippen molar-refractivity contribution in [2.45, 2.75) is 6.04 Å². The highest BCUT2D eigenvalue weighted by Gasteiger charge is 2.26. The minimum Gasteiger partial charge on any atom is -0.378 e. The molecule has 1 fully saturated rings. The van der Waals surface area contributed by atoms with Crippen LogP contribution in [0.5, 0.6) is 0 Å². The fourth-order valence-electron chi connectivity index (χ4n) is 4.33. The van der Waals surface area contributed by atoms with Gasteiger partial charge in [-0.1, -0.05) is 24.3 Å². The summed E-state index contributed by atoms with van der Waals surface area (Å²) in [4.78, 5) is 19.3. The van der Waals surface area contributed by atoms with Crippen molar-refractivity contribution in [3.05, 3.63) is 95.6 Å². The molecule has 4 rings (SSSR count). The molecule has 34 heavy (non-hydrogen) atoms. The maximum atomic E-state index is 14.1. The Labute approximate surface area is 199 Å². The van der Waals surface area contributed by atoms with E-state index in [1.165, 1.54) is 24.3 Å². The minimum absolute atomic E-state index is 0.0466. The molecule has 1 saturated heterocycles. The van der Waals surface area contributed by atoms with Crippen molar-refractivity contribution >= 4 is 17.3 Å². The molecule has 0 spiro atoms. The standard InChI is InChI=1S/C27H30F2N4O/c1-31(2)22-11-7-20(8-12-22)26(19-30-27(34)24-5-3-4-6-25(24)29)33-17-15-32(16-18-33)23-13-9-21(28)10-14-23/h3-14,26H,15-19H2,1-2H3,(H,30,34)/t26-/m0/s1. The van der Waals surface area contributed by atoms with Crippen LogP contribution < -0.4 is 15.1 Å². The van der Waals surface area contributed by atoms with Crippen molar-refractivity contribution in [2.24, 2.45) is 0 Å². The lowest BCUT2D eigenvalue weighted by Gasteiger charge is -2.40. The summed E-state index contributed by atoms with van der Waals surface area (Å²) in [5.41, 5.74) is 3.24. The van der Waals surface area contributed by atoms with Crippen LogP contribution in [0.1, 0.15) is 22.0 Å². The van der Waals surface area contributed by atoms with Gasteiger partial charge in [0.2, 0.25) is 0 Å². The quantitative estimate of drug-likeness (QED) is 0.565. The lowest BCUT2D eigenvalue weighted by Crippen LogP contribution is -2.50. The van der Waals surface area contributed by atoms with E-state index in [9.17, 15) is 13.6 Å². The van der Waals surface area contributed by atoms with Gasteiger partial charge in [0.25, 0.3) is 5.91 Å². The zero-order valence-electron chi connectivity index (χ0n) is 19.5. The molecule has 0 aliphatic carbocycles. The molecule has 0 saturated carbocycles. The van der Waals surface area contributed by atoms with E-state index >= 15 is 0 Å². The molecule has 3 aromatic carbocycles. The minimum atomic E-state index is -0.528. The number of nitrogens with zero attached hydrogens (tertiary/aromatic N) is 3. The van der Waals surface area contributed by atoms with Gasteiger partial charge in [0.1, 0.15) is 11.6 Å². The zero-order chi connectivity index (χ0) is 24.1. The molecule has 3 aromatic rings. The zero-order valence-corrected chi connectivity index (χ0v) is 19.5. The van der Waals surface area contributed by atoms with Gasteiger partial charge in [0, 0.05) is 58.2 Å². The molecule has 0 bridgehead atoms. The number of anilines is 2. The van der Waals surface area contributed by atoms with Crippen LogP contribution in [0.15, 0.2) is 72.8 Å². The number of carbonyl (C=O) groups excluding carboxylic acids is 1. The summed E-state index contributed by atoms with van der Waals surface area (Å²) in [5.74, 6) is -1.19. The third kappa shape index (κ3) is 5.54. The van der Waals surface area contributed by atoms with E-state index in [4.69, 9.17) is 0 Å². The molecule has 1 aliphatic rings. The van der Waals surface area contributed by atoms with Crippen molar-refractivity contribution < 1.29 is 13.6 Å².